The fraction of sp³-hybridized carbons (Fsp3) is 0.176. The smallest absolute Gasteiger partial charge is 0.198 e. The number of anilines is 1. The third-order valence-electron chi connectivity index (χ3n) is 3.69. The van der Waals surface area contributed by atoms with Gasteiger partial charge in [-0.25, -0.2) is 4.99 Å². The van der Waals surface area contributed by atoms with Crippen LogP contribution in [-0.4, -0.2) is 24.4 Å². The maximum absolute atomic E-state index is 10.00. The first-order valence-corrected chi connectivity index (χ1v) is 8.03. The van der Waals surface area contributed by atoms with Gasteiger partial charge in [-0.2, -0.15) is 5.26 Å². The molecule has 7 heteroatoms. The number of guanidine groups is 1. The van der Waals surface area contributed by atoms with Gasteiger partial charge in [0, 0.05) is 11.6 Å². The first kappa shape index (κ1) is 16.3. The Morgan fingerprint density at radius 2 is 2.12 bits per heavy atom. The molecule has 0 saturated carbocycles. The van der Waals surface area contributed by atoms with Crippen molar-refractivity contribution in [1.29, 1.82) is 5.26 Å². The molecule has 3 rings (SSSR count). The number of nitrogens with zero attached hydrogens (tertiary/aromatic N) is 2. The van der Waals surface area contributed by atoms with Crippen LogP contribution in [0.3, 0.4) is 0 Å². The van der Waals surface area contributed by atoms with E-state index in [0.717, 1.165) is 10.0 Å². The summed E-state index contributed by atoms with van der Waals surface area (Å²) in [5.74, 6) is 0.472. The Morgan fingerprint density at radius 3 is 2.79 bits per heavy atom. The van der Waals surface area contributed by atoms with Gasteiger partial charge in [-0.1, -0.05) is 34.1 Å². The second-order valence-electron chi connectivity index (χ2n) is 5.21. The zero-order valence-electron chi connectivity index (χ0n) is 12.8. The molecule has 0 radical (unpaired) electrons. The van der Waals surface area contributed by atoms with Gasteiger partial charge in [-0.15, -0.1) is 0 Å². The van der Waals surface area contributed by atoms with Crippen molar-refractivity contribution in [1.82, 2.24) is 5.32 Å². The number of aromatic hydroxyl groups is 1. The summed E-state index contributed by atoms with van der Waals surface area (Å²) in [7, 11) is 1.61. The Labute approximate surface area is 147 Å². The van der Waals surface area contributed by atoms with Crippen LogP contribution in [0.15, 0.2) is 51.9 Å². The summed E-state index contributed by atoms with van der Waals surface area (Å²) < 4.78 is 6.42. The predicted molar refractivity (Wildman–Crippen MR) is 94.7 cm³/mol. The van der Waals surface area contributed by atoms with Crippen LogP contribution in [0, 0.1) is 11.3 Å². The van der Waals surface area contributed by atoms with Crippen LogP contribution in [0.5, 0.6) is 5.75 Å². The number of phenols is 1. The molecule has 0 bridgehead atoms. The first-order chi connectivity index (χ1) is 11.6. The minimum atomic E-state index is -0.327. The predicted octanol–water partition coefficient (Wildman–Crippen LogP) is 3.11. The highest BCUT2D eigenvalue weighted by Crippen LogP contribution is 2.32. The molecule has 2 atom stereocenters. The van der Waals surface area contributed by atoms with Crippen molar-refractivity contribution >= 4 is 27.6 Å². The molecule has 0 aliphatic carbocycles. The lowest BCUT2D eigenvalue weighted by atomic mass is 10.1. The quantitative estimate of drug-likeness (QED) is 0.705. The second-order valence-corrected chi connectivity index (χ2v) is 6.07. The van der Waals surface area contributed by atoms with E-state index >= 15 is 0 Å². The van der Waals surface area contributed by atoms with E-state index in [-0.39, 0.29) is 18.0 Å². The maximum atomic E-state index is 10.00. The van der Waals surface area contributed by atoms with E-state index in [1.165, 1.54) is 6.07 Å². The van der Waals surface area contributed by atoms with E-state index in [1.54, 1.807) is 19.2 Å². The molecular formula is C17H15BrN4O2. The topological polar surface area (TPSA) is 89.7 Å². The van der Waals surface area contributed by atoms with Crippen molar-refractivity contribution in [3.63, 3.8) is 0 Å². The molecule has 6 nitrogen and oxygen atoms in total. The average molecular weight is 387 g/mol. The Bertz CT molecular complexity index is 832. The zero-order valence-corrected chi connectivity index (χ0v) is 14.4. The number of benzene rings is 2. The van der Waals surface area contributed by atoms with Crippen LogP contribution in [-0.2, 0) is 4.74 Å². The molecular weight excluding hydrogens is 372 g/mol. The molecule has 0 aromatic heterocycles. The molecule has 0 amide bonds. The van der Waals surface area contributed by atoms with Crippen molar-refractivity contribution < 1.29 is 9.84 Å². The van der Waals surface area contributed by atoms with Gasteiger partial charge < -0.3 is 20.5 Å². The zero-order chi connectivity index (χ0) is 17.1. The summed E-state index contributed by atoms with van der Waals surface area (Å²) in [5, 5.41) is 25.0. The first-order valence-electron chi connectivity index (χ1n) is 7.24. The standard InChI is InChI=1S/C17H15BrN4O2/c1-24-16-15(11-4-2-3-5-12(11)18)21-17(22-16)20-13-7-6-10(9-19)8-14(13)23/h2-8,15-16,23H,1H3,(H2,20,21,22). The van der Waals surface area contributed by atoms with E-state index in [9.17, 15) is 5.11 Å². The molecule has 122 valence electrons. The van der Waals surface area contributed by atoms with Crippen molar-refractivity contribution in [2.75, 3.05) is 12.4 Å². The average Bonchev–Trinajstić information content (AvgIpc) is 3.00. The monoisotopic (exact) mass is 386 g/mol. The van der Waals surface area contributed by atoms with Gasteiger partial charge in [0.15, 0.2) is 12.2 Å². The van der Waals surface area contributed by atoms with E-state index in [2.05, 4.69) is 31.6 Å². The number of methoxy groups -OCH3 is 1. The fourth-order valence-electron chi connectivity index (χ4n) is 2.50. The number of rotatable bonds is 3. The Hall–Kier alpha value is -2.56. The molecule has 1 aliphatic rings. The van der Waals surface area contributed by atoms with E-state index in [1.807, 2.05) is 30.3 Å². The molecule has 2 aromatic rings. The number of phenolic OH excluding ortho intramolecular Hbond substituents is 1. The minimum absolute atomic E-state index is 0.0168. The lowest BCUT2D eigenvalue weighted by molar-refractivity contribution is 0.0783. The number of hydrogen-bond acceptors (Lipinski definition) is 6. The van der Waals surface area contributed by atoms with Crippen LogP contribution in [0.1, 0.15) is 17.2 Å². The van der Waals surface area contributed by atoms with Crippen molar-refractivity contribution in [2.45, 2.75) is 12.3 Å². The molecule has 0 fully saturated rings. The third-order valence-corrected chi connectivity index (χ3v) is 4.41. The third kappa shape index (κ3) is 3.20. The van der Waals surface area contributed by atoms with Crippen molar-refractivity contribution in [2.24, 2.45) is 4.99 Å². The second kappa shape index (κ2) is 6.91. The summed E-state index contributed by atoms with van der Waals surface area (Å²) in [6.45, 7) is 0. The van der Waals surface area contributed by atoms with Crippen molar-refractivity contribution in [3.8, 4) is 11.8 Å². The Kier molecular flexibility index (Phi) is 4.69. The fourth-order valence-corrected chi connectivity index (χ4v) is 3.02. The summed E-state index contributed by atoms with van der Waals surface area (Å²) >= 11 is 3.53. The largest absolute Gasteiger partial charge is 0.506 e. The maximum Gasteiger partial charge on any atom is 0.198 e. The van der Waals surface area contributed by atoms with E-state index in [0.29, 0.717) is 17.2 Å². The van der Waals surface area contributed by atoms with Gasteiger partial charge in [0.05, 0.1) is 17.3 Å². The van der Waals surface area contributed by atoms with Gasteiger partial charge in [0.25, 0.3) is 0 Å². The highest BCUT2D eigenvalue weighted by atomic mass is 79.9. The van der Waals surface area contributed by atoms with E-state index in [4.69, 9.17) is 10.00 Å². The van der Waals surface area contributed by atoms with Gasteiger partial charge in [-0.05, 0) is 29.8 Å². The normalized spacial score (nSPS) is 19.3. The Morgan fingerprint density at radius 1 is 1.33 bits per heavy atom. The van der Waals surface area contributed by atoms with Crippen LogP contribution >= 0.6 is 15.9 Å². The van der Waals surface area contributed by atoms with Gasteiger partial charge in [0.2, 0.25) is 0 Å². The van der Waals surface area contributed by atoms with Crippen LogP contribution < -0.4 is 10.6 Å². The molecule has 0 saturated heterocycles. The van der Waals surface area contributed by atoms with Crippen molar-refractivity contribution in [3.05, 3.63) is 58.1 Å². The van der Waals surface area contributed by atoms with Crippen LogP contribution in [0.25, 0.3) is 0 Å². The molecule has 2 unspecified atom stereocenters. The highest BCUT2D eigenvalue weighted by molar-refractivity contribution is 9.10. The lowest BCUT2D eigenvalue weighted by Crippen LogP contribution is -2.36. The molecule has 0 spiro atoms. The SMILES string of the molecule is COC1NC(Nc2ccc(C#N)cc2O)=NC1c1ccccc1Br. The summed E-state index contributed by atoms with van der Waals surface area (Å²) in [4.78, 5) is 4.61. The summed E-state index contributed by atoms with van der Waals surface area (Å²) in [6.07, 6.45) is -0.327. The number of halogens is 1. The number of hydrogen-bond donors (Lipinski definition) is 3. The molecule has 2 aromatic carbocycles. The lowest BCUT2D eigenvalue weighted by Gasteiger charge is -2.18. The number of nitriles is 1. The molecule has 24 heavy (non-hydrogen) atoms. The minimum Gasteiger partial charge on any atom is -0.506 e. The Balaban J connectivity index is 1.86. The molecule has 1 heterocycles. The number of ether oxygens (including phenoxy) is 1. The number of aliphatic imine (C=N–C) groups is 1. The molecule has 1 aliphatic heterocycles. The summed E-state index contributed by atoms with van der Waals surface area (Å²) in [6, 6.07) is 14.2. The van der Waals surface area contributed by atoms with Crippen LogP contribution in [0.4, 0.5) is 5.69 Å². The van der Waals surface area contributed by atoms with E-state index < -0.39 is 0 Å². The highest BCUT2D eigenvalue weighted by Gasteiger charge is 2.31. The summed E-state index contributed by atoms with van der Waals surface area (Å²) in [5.41, 5.74) is 1.85. The van der Waals surface area contributed by atoms with Crippen LogP contribution in [0.2, 0.25) is 0 Å². The number of nitrogens with one attached hydrogen (secondary N) is 2. The molecule has 3 N–H and O–H groups in total. The van der Waals surface area contributed by atoms with Gasteiger partial charge in [-0.3, -0.25) is 0 Å². The van der Waals surface area contributed by atoms with Gasteiger partial charge in [0.1, 0.15) is 11.8 Å². The van der Waals surface area contributed by atoms with Gasteiger partial charge >= 0.3 is 0 Å².